The molecule has 0 saturated carbocycles. The fourth-order valence-electron chi connectivity index (χ4n) is 2.00. The third kappa shape index (κ3) is 5.59. The van der Waals surface area contributed by atoms with Crippen LogP contribution in [0.1, 0.15) is 36.2 Å². The molecule has 0 spiro atoms. The molecule has 0 saturated heterocycles. The van der Waals surface area contributed by atoms with Gasteiger partial charge in [-0.3, -0.25) is 4.79 Å². The number of amides is 1. The van der Waals surface area contributed by atoms with Crippen molar-refractivity contribution < 1.29 is 4.79 Å². The zero-order valence-electron chi connectivity index (χ0n) is 12.1. The molecule has 1 amide bonds. The Kier molecular flexibility index (Phi) is 6.62. The van der Waals surface area contributed by atoms with Gasteiger partial charge in [-0.1, -0.05) is 42.0 Å². The molecule has 1 aromatic rings. The number of benzene rings is 1. The van der Waals surface area contributed by atoms with Gasteiger partial charge >= 0.3 is 0 Å². The highest BCUT2D eigenvalue weighted by atomic mass is 79.9. The predicted octanol–water partition coefficient (Wildman–Crippen LogP) is 3.53. The zero-order chi connectivity index (χ0) is 15.3. The Morgan fingerprint density at radius 1 is 1.40 bits per heavy atom. The first-order valence-electron chi connectivity index (χ1n) is 6.64. The van der Waals surface area contributed by atoms with Crippen LogP contribution in [0.25, 0.3) is 0 Å². The summed E-state index contributed by atoms with van der Waals surface area (Å²) in [5.74, 6) is 0.429. The summed E-state index contributed by atoms with van der Waals surface area (Å²) in [6, 6.07) is 5.74. The van der Waals surface area contributed by atoms with Crippen molar-refractivity contribution in [3.63, 3.8) is 0 Å². The fourth-order valence-corrected chi connectivity index (χ4v) is 2.70. The SMILES string of the molecule is Cc1cc(Br)cc(C(=O)N(CCC(N)=S)CC(C)C)c1. The van der Waals surface area contributed by atoms with E-state index < -0.39 is 0 Å². The number of aryl methyl sites for hydroxylation is 1. The lowest BCUT2D eigenvalue weighted by Gasteiger charge is -2.25. The van der Waals surface area contributed by atoms with E-state index in [0.717, 1.165) is 10.0 Å². The van der Waals surface area contributed by atoms with E-state index in [1.807, 2.05) is 30.0 Å². The molecule has 0 atom stereocenters. The molecular formula is C15H21BrN2OS. The monoisotopic (exact) mass is 356 g/mol. The van der Waals surface area contributed by atoms with Crippen LogP contribution in [0.3, 0.4) is 0 Å². The van der Waals surface area contributed by atoms with Gasteiger partial charge in [-0.2, -0.15) is 0 Å². The Bertz CT molecular complexity index is 482. The Labute approximate surface area is 134 Å². The van der Waals surface area contributed by atoms with Crippen LogP contribution >= 0.6 is 28.1 Å². The van der Waals surface area contributed by atoms with Crippen LogP contribution in [0.2, 0.25) is 0 Å². The molecule has 0 unspecified atom stereocenters. The molecule has 0 aliphatic carbocycles. The number of hydrogen-bond donors (Lipinski definition) is 1. The summed E-state index contributed by atoms with van der Waals surface area (Å²) in [6.45, 7) is 7.43. The number of hydrogen-bond acceptors (Lipinski definition) is 2. The number of carbonyl (C=O) groups excluding carboxylic acids is 1. The van der Waals surface area contributed by atoms with Crippen LogP contribution < -0.4 is 5.73 Å². The Balaban J connectivity index is 2.93. The van der Waals surface area contributed by atoms with E-state index in [4.69, 9.17) is 18.0 Å². The number of carbonyl (C=O) groups is 1. The second-order valence-electron chi connectivity index (χ2n) is 5.38. The van der Waals surface area contributed by atoms with Gasteiger partial charge in [0, 0.05) is 29.5 Å². The van der Waals surface area contributed by atoms with E-state index in [1.54, 1.807) is 0 Å². The number of nitrogens with two attached hydrogens (primary N) is 1. The standard InChI is InChI=1S/C15H21BrN2OS/c1-10(2)9-18(5-4-14(17)20)15(19)12-6-11(3)7-13(16)8-12/h6-8,10H,4-5,9H2,1-3H3,(H2,17,20). The predicted molar refractivity (Wildman–Crippen MR) is 91.0 cm³/mol. The quantitative estimate of drug-likeness (QED) is 0.793. The molecule has 2 N–H and O–H groups in total. The van der Waals surface area contributed by atoms with E-state index in [2.05, 4.69) is 29.8 Å². The lowest BCUT2D eigenvalue weighted by atomic mass is 10.1. The number of thiocarbonyl (C=S) groups is 1. The van der Waals surface area contributed by atoms with Crippen molar-refractivity contribution in [2.75, 3.05) is 13.1 Å². The molecule has 3 nitrogen and oxygen atoms in total. The second kappa shape index (κ2) is 7.74. The lowest BCUT2D eigenvalue weighted by Crippen LogP contribution is -2.36. The summed E-state index contributed by atoms with van der Waals surface area (Å²) < 4.78 is 0.916. The van der Waals surface area contributed by atoms with Gasteiger partial charge in [0.25, 0.3) is 5.91 Å². The van der Waals surface area contributed by atoms with Gasteiger partial charge in [-0.05, 0) is 36.6 Å². The minimum absolute atomic E-state index is 0.0272. The first-order chi connectivity index (χ1) is 9.29. The highest BCUT2D eigenvalue weighted by molar-refractivity contribution is 9.10. The summed E-state index contributed by atoms with van der Waals surface area (Å²) in [5.41, 5.74) is 7.30. The van der Waals surface area contributed by atoms with Crippen molar-refractivity contribution in [3.8, 4) is 0 Å². The van der Waals surface area contributed by atoms with Crippen molar-refractivity contribution in [2.24, 2.45) is 11.7 Å². The molecule has 5 heteroatoms. The van der Waals surface area contributed by atoms with Gasteiger partial charge in [0.1, 0.15) is 0 Å². The van der Waals surface area contributed by atoms with Gasteiger partial charge in [-0.15, -0.1) is 0 Å². The number of nitrogens with zero attached hydrogens (tertiary/aromatic N) is 1. The van der Waals surface area contributed by atoms with Gasteiger partial charge in [0.15, 0.2) is 0 Å². The summed E-state index contributed by atoms with van der Waals surface area (Å²) in [5, 5.41) is 0. The Morgan fingerprint density at radius 3 is 2.55 bits per heavy atom. The molecule has 110 valence electrons. The third-order valence-electron chi connectivity index (χ3n) is 2.79. The van der Waals surface area contributed by atoms with E-state index >= 15 is 0 Å². The summed E-state index contributed by atoms with van der Waals surface area (Å²) in [4.78, 5) is 14.9. The molecule has 1 aromatic carbocycles. The molecule has 0 fully saturated rings. The van der Waals surface area contributed by atoms with Crippen molar-refractivity contribution in [1.82, 2.24) is 4.90 Å². The topological polar surface area (TPSA) is 46.3 Å². The second-order valence-corrected chi connectivity index (χ2v) is 6.82. The molecule has 0 heterocycles. The molecule has 0 radical (unpaired) electrons. The van der Waals surface area contributed by atoms with Crippen molar-refractivity contribution >= 4 is 39.0 Å². The normalized spacial score (nSPS) is 10.7. The van der Waals surface area contributed by atoms with Gasteiger partial charge in [0.05, 0.1) is 4.99 Å². The summed E-state index contributed by atoms with van der Waals surface area (Å²) >= 11 is 8.34. The molecule has 20 heavy (non-hydrogen) atoms. The molecule has 1 rings (SSSR count). The van der Waals surface area contributed by atoms with E-state index in [0.29, 0.717) is 36.0 Å². The summed E-state index contributed by atoms with van der Waals surface area (Å²) in [7, 11) is 0. The summed E-state index contributed by atoms with van der Waals surface area (Å²) in [6.07, 6.45) is 0.556. The average molecular weight is 357 g/mol. The van der Waals surface area contributed by atoms with Crippen LogP contribution in [-0.2, 0) is 0 Å². The van der Waals surface area contributed by atoms with E-state index in [1.165, 1.54) is 0 Å². The average Bonchev–Trinajstić information content (AvgIpc) is 2.31. The number of halogens is 1. The minimum atomic E-state index is 0.0272. The Morgan fingerprint density at radius 2 is 2.05 bits per heavy atom. The van der Waals surface area contributed by atoms with Crippen LogP contribution in [0.15, 0.2) is 22.7 Å². The van der Waals surface area contributed by atoms with Crippen molar-refractivity contribution in [1.29, 1.82) is 0 Å². The maximum Gasteiger partial charge on any atom is 0.253 e. The zero-order valence-corrected chi connectivity index (χ0v) is 14.6. The van der Waals surface area contributed by atoms with Gasteiger partial charge in [-0.25, -0.2) is 0 Å². The number of rotatable bonds is 6. The van der Waals surface area contributed by atoms with E-state index in [-0.39, 0.29) is 5.91 Å². The maximum atomic E-state index is 12.6. The van der Waals surface area contributed by atoms with Crippen LogP contribution in [0.4, 0.5) is 0 Å². The van der Waals surface area contributed by atoms with E-state index in [9.17, 15) is 4.79 Å². The highest BCUT2D eigenvalue weighted by Gasteiger charge is 2.17. The lowest BCUT2D eigenvalue weighted by molar-refractivity contribution is 0.0741. The first kappa shape index (κ1) is 17.1. The van der Waals surface area contributed by atoms with Crippen molar-refractivity contribution in [3.05, 3.63) is 33.8 Å². The Hall–Kier alpha value is -0.940. The maximum absolute atomic E-state index is 12.6. The third-order valence-corrected chi connectivity index (χ3v) is 3.45. The molecule has 0 aliphatic heterocycles. The molecule has 0 aliphatic rings. The largest absolute Gasteiger partial charge is 0.393 e. The van der Waals surface area contributed by atoms with Crippen molar-refractivity contribution in [2.45, 2.75) is 27.2 Å². The molecule has 0 aromatic heterocycles. The van der Waals surface area contributed by atoms with Gasteiger partial charge < -0.3 is 10.6 Å². The minimum Gasteiger partial charge on any atom is -0.393 e. The highest BCUT2D eigenvalue weighted by Crippen LogP contribution is 2.17. The fraction of sp³-hybridized carbons (Fsp3) is 0.467. The molecule has 0 bridgehead atoms. The van der Waals surface area contributed by atoms with Gasteiger partial charge in [0.2, 0.25) is 0 Å². The first-order valence-corrected chi connectivity index (χ1v) is 7.84. The van der Waals surface area contributed by atoms with Crippen LogP contribution in [-0.4, -0.2) is 28.9 Å². The molecular weight excluding hydrogens is 336 g/mol. The van der Waals surface area contributed by atoms with Crippen LogP contribution in [0, 0.1) is 12.8 Å². The van der Waals surface area contributed by atoms with Crippen LogP contribution in [0.5, 0.6) is 0 Å². The smallest absolute Gasteiger partial charge is 0.253 e.